The van der Waals surface area contributed by atoms with Crippen LogP contribution in [0.2, 0.25) is 0 Å². The molecule has 1 aromatic carbocycles. The lowest BCUT2D eigenvalue weighted by Gasteiger charge is -2.27. The molecule has 0 spiro atoms. The fourth-order valence-corrected chi connectivity index (χ4v) is 2.53. The molecule has 0 aromatic heterocycles. The maximum atomic E-state index is 9.01. The van der Waals surface area contributed by atoms with Crippen LogP contribution in [0.3, 0.4) is 0 Å². The monoisotopic (exact) mass is 316 g/mol. The van der Waals surface area contributed by atoms with Crippen LogP contribution in [0.15, 0.2) is 48.2 Å². The number of aliphatic hydroxyl groups is 1. The normalized spacial score (nSPS) is 20.2. The van der Waals surface area contributed by atoms with Crippen LogP contribution in [0, 0.1) is 0 Å². The third-order valence-corrected chi connectivity index (χ3v) is 4.05. The van der Waals surface area contributed by atoms with Crippen LogP contribution in [0.1, 0.15) is 25.7 Å². The molecule has 0 bridgehead atoms. The van der Waals surface area contributed by atoms with E-state index in [4.69, 9.17) is 16.6 Å². The largest absolute Gasteiger partial charge is 0.399 e. The average molecular weight is 316 g/mol. The minimum Gasteiger partial charge on any atom is -0.399 e. The number of hydrogen-bond acceptors (Lipinski definition) is 5. The molecule has 1 unspecified atom stereocenters. The fourth-order valence-electron chi connectivity index (χ4n) is 2.53. The van der Waals surface area contributed by atoms with Crippen LogP contribution in [0.25, 0.3) is 0 Å². The summed E-state index contributed by atoms with van der Waals surface area (Å²) in [6.07, 6.45) is 9.69. The number of aliphatic hydroxyl groups excluding tert-OH is 1. The zero-order valence-electron chi connectivity index (χ0n) is 13.6. The van der Waals surface area contributed by atoms with E-state index in [0.717, 1.165) is 49.4 Å². The zero-order chi connectivity index (χ0) is 16.5. The Morgan fingerprint density at radius 3 is 2.39 bits per heavy atom. The first-order valence-corrected chi connectivity index (χ1v) is 8.24. The number of nitrogens with one attached hydrogen (secondary N) is 2. The molecule has 23 heavy (non-hydrogen) atoms. The van der Waals surface area contributed by atoms with Crippen LogP contribution >= 0.6 is 0 Å². The smallest absolute Gasteiger partial charge is 0.0451 e. The van der Waals surface area contributed by atoms with Crippen molar-refractivity contribution in [1.82, 2.24) is 5.32 Å². The van der Waals surface area contributed by atoms with E-state index >= 15 is 0 Å². The van der Waals surface area contributed by atoms with Gasteiger partial charge in [0, 0.05) is 42.3 Å². The molecule has 0 aliphatic heterocycles. The van der Waals surface area contributed by atoms with Gasteiger partial charge in [0.15, 0.2) is 0 Å². The van der Waals surface area contributed by atoms with Gasteiger partial charge in [-0.2, -0.15) is 0 Å². The first kappa shape index (κ1) is 17.4. The van der Waals surface area contributed by atoms with Crippen LogP contribution in [-0.2, 0) is 0 Å². The molecule has 0 saturated carbocycles. The van der Waals surface area contributed by atoms with Crippen molar-refractivity contribution in [3.63, 3.8) is 0 Å². The van der Waals surface area contributed by atoms with Gasteiger partial charge in [-0.1, -0.05) is 12.2 Å². The van der Waals surface area contributed by atoms with Gasteiger partial charge in [-0.05, 0) is 56.0 Å². The van der Waals surface area contributed by atoms with E-state index < -0.39 is 0 Å². The van der Waals surface area contributed by atoms with Gasteiger partial charge in [0.1, 0.15) is 0 Å². The molecule has 0 fully saturated rings. The van der Waals surface area contributed by atoms with Gasteiger partial charge >= 0.3 is 0 Å². The van der Waals surface area contributed by atoms with E-state index in [2.05, 4.69) is 16.7 Å². The highest BCUT2D eigenvalue weighted by Gasteiger charge is 2.22. The van der Waals surface area contributed by atoms with E-state index in [-0.39, 0.29) is 12.1 Å². The van der Waals surface area contributed by atoms with Crippen molar-refractivity contribution >= 4 is 11.4 Å². The summed E-state index contributed by atoms with van der Waals surface area (Å²) in [5, 5.41) is 15.8. The molecular weight excluding hydrogens is 288 g/mol. The first-order chi connectivity index (χ1) is 11.1. The Bertz CT molecular complexity index is 538. The highest BCUT2D eigenvalue weighted by atomic mass is 16.3. The number of nitrogen functional groups attached to an aromatic ring is 1. The van der Waals surface area contributed by atoms with Crippen molar-refractivity contribution in [2.24, 2.45) is 5.73 Å². The number of hydrogen-bond donors (Lipinski definition) is 5. The van der Waals surface area contributed by atoms with E-state index in [1.165, 1.54) is 0 Å². The number of anilines is 2. The molecular formula is C18H28N4O. The third kappa shape index (κ3) is 5.96. The highest BCUT2D eigenvalue weighted by molar-refractivity contribution is 5.51. The minimum absolute atomic E-state index is 0.123. The molecule has 7 N–H and O–H groups in total. The van der Waals surface area contributed by atoms with Gasteiger partial charge in [-0.15, -0.1) is 0 Å². The summed E-state index contributed by atoms with van der Waals surface area (Å²) in [7, 11) is 0. The van der Waals surface area contributed by atoms with Crippen molar-refractivity contribution in [2.75, 3.05) is 30.7 Å². The van der Waals surface area contributed by atoms with E-state index in [9.17, 15) is 0 Å². The second-order valence-corrected chi connectivity index (χ2v) is 6.09. The third-order valence-electron chi connectivity index (χ3n) is 4.05. The Morgan fingerprint density at radius 2 is 1.78 bits per heavy atom. The molecule has 1 aliphatic rings. The molecule has 5 heteroatoms. The summed E-state index contributed by atoms with van der Waals surface area (Å²) >= 11 is 0. The molecule has 1 aromatic rings. The fraction of sp³-hybridized carbons (Fsp3) is 0.444. The average Bonchev–Trinajstić information content (AvgIpc) is 2.54. The predicted molar refractivity (Wildman–Crippen MR) is 97.0 cm³/mol. The van der Waals surface area contributed by atoms with E-state index in [0.29, 0.717) is 6.42 Å². The summed E-state index contributed by atoms with van der Waals surface area (Å²) in [5.41, 5.74) is 14.4. The minimum atomic E-state index is -0.386. The van der Waals surface area contributed by atoms with Crippen molar-refractivity contribution in [2.45, 2.75) is 31.2 Å². The Kier molecular flexibility index (Phi) is 6.50. The van der Waals surface area contributed by atoms with Crippen LogP contribution in [0.5, 0.6) is 0 Å². The van der Waals surface area contributed by atoms with Gasteiger partial charge in [0.25, 0.3) is 0 Å². The van der Waals surface area contributed by atoms with Crippen molar-refractivity contribution in [3.05, 3.63) is 48.2 Å². The van der Waals surface area contributed by atoms with Crippen molar-refractivity contribution < 1.29 is 5.11 Å². The molecule has 0 radical (unpaired) electrons. The lowest BCUT2D eigenvalue weighted by atomic mass is 9.88. The molecule has 0 amide bonds. The summed E-state index contributed by atoms with van der Waals surface area (Å²) in [5.74, 6) is 0. The SMILES string of the molecule is Nc1ccc(NCCCCNC2=CCC(N)(CCO)C=C2)cc1. The number of rotatable bonds is 9. The molecule has 2 rings (SSSR count). The number of benzene rings is 1. The number of nitrogens with two attached hydrogens (primary N) is 2. The Labute approximate surface area is 138 Å². The molecule has 126 valence electrons. The molecule has 1 atom stereocenters. The van der Waals surface area contributed by atoms with Gasteiger partial charge in [-0.25, -0.2) is 0 Å². The number of allylic oxidation sites excluding steroid dienone is 1. The molecule has 1 aliphatic carbocycles. The highest BCUT2D eigenvalue weighted by Crippen LogP contribution is 2.20. The van der Waals surface area contributed by atoms with Crippen LogP contribution in [0.4, 0.5) is 11.4 Å². The van der Waals surface area contributed by atoms with Gasteiger partial charge in [-0.3, -0.25) is 0 Å². The Hall–Kier alpha value is -1.98. The Balaban J connectivity index is 1.57. The quantitative estimate of drug-likeness (QED) is 0.354. The number of unbranched alkanes of at least 4 members (excludes halogenated alkanes) is 1. The molecule has 0 heterocycles. The van der Waals surface area contributed by atoms with E-state index in [1.807, 2.05) is 36.4 Å². The second kappa shape index (κ2) is 8.60. The van der Waals surface area contributed by atoms with E-state index in [1.54, 1.807) is 0 Å². The molecule has 5 nitrogen and oxygen atoms in total. The first-order valence-electron chi connectivity index (χ1n) is 8.24. The second-order valence-electron chi connectivity index (χ2n) is 6.09. The zero-order valence-corrected chi connectivity index (χ0v) is 13.6. The summed E-state index contributed by atoms with van der Waals surface area (Å²) in [6, 6.07) is 7.80. The van der Waals surface area contributed by atoms with Crippen molar-refractivity contribution in [1.29, 1.82) is 0 Å². The van der Waals surface area contributed by atoms with Gasteiger partial charge < -0.3 is 27.2 Å². The van der Waals surface area contributed by atoms with Gasteiger partial charge in [0.2, 0.25) is 0 Å². The summed E-state index contributed by atoms with van der Waals surface area (Å²) < 4.78 is 0. The van der Waals surface area contributed by atoms with Crippen LogP contribution < -0.4 is 22.1 Å². The standard InChI is InChI=1S/C18H28N4O/c19-15-3-5-16(6-4-15)21-12-1-2-13-22-17-7-9-18(20,10-8-17)11-14-23/h3-9,21-23H,1-2,10-14,19-20H2. The maximum Gasteiger partial charge on any atom is 0.0451 e. The Morgan fingerprint density at radius 1 is 1.09 bits per heavy atom. The van der Waals surface area contributed by atoms with Crippen LogP contribution in [-0.4, -0.2) is 30.3 Å². The summed E-state index contributed by atoms with van der Waals surface area (Å²) in [6.45, 7) is 2.01. The van der Waals surface area contributed by atoms with Gasteiger partial charge in [0.05, 0.1) is 0 Å². The van der Waals surface area contributed by atoms with Crippen molar-refractivity contribution in [3.8, 4) is 0 Å². The lowest BCUT2D eigenvalue weighted by Crippen LogP contribution is -2.39. The topological polar surface area (TPSA) is 96.3 Å². The molecule has 0 saturated heterocycles. The maximum absolute atomic E-state index is 9.01. The summed E-state index contributed by atoms with van der Waals surface area (Å²) in [4.78, 5) is 0. The lowest BCUT2D eigenvalue weighted by molar-refractivity contribution is 0.257. The predicted octanol–water partition coefficient (Wildman–Crippen LogP) is 1.97.